The molecule has 96 valence electrons. The second-order valence-corrected chi connectivity index (χ2v) is 5.90. The molecule has 0 saturated heterocycles. The van der Waals surface area contributed by atoms with Gasteiger partial charge in [0.1, 0.15) is 5.82 Å². The average Bonchev–Trinajstić information content (AvgIpc) is 2.78. The molecule has 1 heterocycles. The lowest BCUT2D eigenvalue weighted by molar-refractivity contribution is 0.520. The van der Waals surface area contributed by atoms with E-state index in [9.17, 15) is 4.39 Å². The van der Waals surface area contributed by atoms with Gasteiger partial charge in [0.15, 0.2) is 0 Å². The van der Waals surface area contributed by atoms with Gasteiger partial charge in [-0.2, -0.15) is 0 Å². The second kappa shape index (κ2) is 6.32. The summed E-state index contributed by atoms with van der Waals surface area (Å²) in [6.07, 6.45) is 0.963. The van der Waals surface area contributed by atoms with E-state index in [1.165, 1.54) is 17.0 Å². The number of thiophene rings is 1. The van der Waals surface area contributed by atoms with Crippen LogP contribution < -0.4 is 5.32 Å². The summed E-state index contributed by atoms with van der Waals surface area (Å²) in [5.41, 5.74) is 1.11. The van der Waals surface area contributed by atoms with Crippen LogP contribution in [0.4, 0.5) is 4.39 Å². The predicted molar refractivity (Wildman–Crippen MR) is 75.6 cm³/mol. The molecule has 2 aromatic rings. The van der Waals surface area contributed by atoms with E-state index in [4.69, 9.17) is 11.6 Å². The minimum atomic E-state index is -0.196. The molecular formula is C14H15ClFNS. The van der Waals surface area contributed by atoms with E-state index in [1.54, 1.807) is 11.3 Å². The molecule has 0 saturated carbocycles. The van der Waals surface area contributed by atoms with E-state index in [-0.39, 0.29) is 11.9 Å². The Kier molecular flexibility index (Phi) is 4.75. The summed E-state index contributed by atoms with van der Waals surface area (Å²) in [6, 6.07) is 10.8. The van der Waals surface area contributed by atoms with Crippen molar-refractivity contribution in [3.05, 3.63) is 57.0 Å². The van der Waals surface area contributed by atoms with Crippen molar-refractivity contribution in [2.75, 3.05) is 0 Å². The van der Waals surface area contributed by atoms with Gasteiger partial charge in [-0.1, -0.05) is 30.7 Å². The first-order valence-corrected chi connectivity index (χ1v) is 7.11. The summed E-state index contributed by atoms with van der Waals surface area (Å²) in [6.45, 7) is 2.90. The molecule has 1 aromatic heterocycles. The third-order valence-electron chi connectivity index (χ3n) is 2.83. The van der Waals surface area contributed by atoms with Gasteiger partial charge in [-0.15, -0.1) is 11.3 Å². The highest BCUT2D eigenvalue weighted by Crippen LogP contribution is 2.23. The Morgan fingerprint density at radius 3 is 2.50 bits per heavy atom. The molecule has 0 bridgehead atoms. The fraction of sp³-hybridized carbons (Fsp3) is 0.286. The van der Waals surface area contributed by atoms with Crippen molar-refractivity contribution in [1.82, 2.24) is 5.32 Å². The molecule has 0 fully saturated rings. The smallest absolute Gasteiger partial charge is 0.123 e. The van der Waals surface area contributed by atoms with Gasteiger partial charge in [0.25, 0.3) is 0 Å². The van der Waals surface area contributed by atoms with E-state index in [2.05, 4.69) is 12.2 Å². The van der Waals surface area contributed by atoms with E-state index >= 15 is 0 Å². The first kappa shape index (κ1) is 13.5. The third kappa shape index (κ3) is 3.55. The first-order valence-electron chi connectivity index (χ1n) is 5.92. The molecule has 1 atom stereocenters. The van der Waals surface area contributed by atoms with Crippen LogP contribution in [0.15, 0.2) is 36.4 Å². The Morgan fingerprint density at radius 1 is 1.22 bits per heavy atom. The van der Waals surface area contributed by atoms with Crippen molar-refractivity contribution in [3.8, 4) is 0 Å². The molecule has 0 aliphatic carbocycles. The number of rotatable bonds is 5. The van der Waals surface area contributed by atoms with Crippen molar-refractivity contribution < 1.29 is 4.39 Å². The highest BCUT2D eigenvalue weighted by Gasteiger charge is 2.09. The lowest BCUT2D eigenvalue weighted by Crippen LogP contribution is -2.19. The van der Waals surface area contributed by atoms with E-state index in [1.807, 2.05) is 24.3 Å². The molecule has 0 spiro atoms. The van der Waals surface area contributed by atoms with Crippen LogP contribution in [-0.4, -0.2) is 0 Å². The van der Waals surface area contributed by atoms with Gasteiger partial charge in [-0.05, 0) is 36.2 Å². The molecule has 0 aliphatic rings. The highest BCUT2D eigenvalue weighted by atomic mass is 35.5. The van der Waals surface area contributed by atoms with Gasteiger partial charge in [-0.25, -0.2) is 4.39 Å². The first-order chi connectivity index (χ1) is 8.69. The monoisotopic (exact) mass is 283 g/mol. The van der Waals surface area contributed by atoms with Crippen molar-refractivity contribution >= 4 is 22.9 Å². The number of hydrogen-bond acceptors (Lipinski definition) is 2. The molecular weight excluding hydrogens is 269 g/mol. The van der Waals surface area contributed by atoms with Crippen LogP contribution in [0, 0.1) is 5.82 Å². The lowest BCUT2D eigenvalue weighted by atomic mass is 10.0. The predicted octanol–water partition coefficient (Wildman–Crippen LogP) is 4.78. The summed E-state index contributed by atoms with van der Waals surface area (Å²) in [7, 11) is 0. The number of halogens is 2. The molecule has 1 unspecified atom stereocenters. The van der Waals surface area contributed by atoms with Crippen molar-refractivity contribution in [3.63, 3.8) is 0 Å². The minimum absolute atomic E-state index is 0.196. The molecule has 1 N–H and O–H groups in total. The molecule has 0 aliphatic heterocycles. The molecule has 0 amide bonds. The number of hydrogen-bond donors (Lipinski definition) is 1. The largest absolute Gasteiger partial charge is 0.305 e. The summed E-state index contributed by atoms with van der Waals surface area (Å²) in [4.78, 5) is 1.21. The maximum Gasteiger partial charge on any atom is 0.123 e. The summed E-state index contributed by atoms with van der Waals surface area (Å²) in [5.74, 6) is -0.196. The molecule has 0 radical (unpaired) electrons. The zero-order chi connectivity index (χ0) is 13.0. The van der Waals surface area contributed by atoms with Crippen molar-refractivity contribution in [2.45, 2.75) is 25.9 Å². The Balaban J connectivity index is 1.99. The zero-order valence-corrected chi connectivity index (χ0v) is 11.7. The van der Waals surface area contributed by atoms with Crippen LogP contribution >= 0.6 is 22.9 Å². The van der Waals surface area contributed by atoms with Crippen LogP contribution in [-0.2, 0) is 6.54 Å². The maximum atomic E-state index is 12.9. The Bertz CT molecular complexity index is 495. The van der Waals surface area contributed by atoms with Gasteiger partial charge in [0, 0.05) is 17.5 Å². The van der Waals surface area contributed by atoms with E-state index in [0.717, 1.165) is 22.9 Å². The molecule has 2 rings (SSSR count). The SMILES string of the molecule is CCC(NCc1ccc(Cl)s1)c1ccc(F)cc1. The summed E-state index contributed by atoms with van der Waals surface area (Å²) < 4.78 is 13.7. The standard InChI is InChI=1S/C14H15ClFNS/c1-2-13(10-3-5-11(16)6-4-10)17-9-12-7-8-14(15)18-12/h3-8,13,17H,2,9H2,1H3. The van der Waals surface area contributed by atoms with E-state index in [0.29, 0.717) is 0 Å². The number of benzene rings is 1. The number of nitrogens with one attached hydrogen (secondary N) is 1. The van der Waals surface area contributed by atoms with Gasteiger partial charge < -0.3 is 5.32 Å². The van der Waals surface area contributed by atoms with Gasteiger partial charge >= 0.3 is 0 Å². The lowest BCUT2D eigenvalue weighted by Gasteiger charge is -2.16. The zero-order valence-electron chi connectivity index (χ0n) is 10.1. The summed E-state index contributed by atoms with van der Waals surface area (Å²) >= 11 is 7.47. The van der Waals surface area contributed by atoms with Crippen molar-refractivity contribution in [1.29, 1.82) is 0 Å². The third-order valence-corrected chi connectivity index (χ3v) is 4.06. The Hall–Kier alpha value is -0.900. The van der Waals surface area contributed by atoms with E-state index < -0.39 is 0 Å². The van der Waals surface area contributed by atoms with Crippen molar-refractivity contribution in [2.24, 2.45) is 0 Å². The van der Waals surface area contributed by atoms with Crippen LogP contribution in [0.2, 0.25) is 4.34 Å². The topological polar surface area (TPSA) is 12.0 Å². The summed E-state index contributed by atoms with van der Waals surface area (Å²) in [5, 5.41) is 3.46. The van der Waals surface area contributed by atoms with Gasteiger partial charge in [-0.3, -0.25) is 0 Å². The fourth-order valence-corrected chi connectivity index (χ4v) is 2.90. The van der Waals surface area contributed by atoms with Crippen LogP contribution in [0.25, 0.3) is 0 Å². The van der Waals surface area contributed by atoms with Crippen LogP contribution in [0.1, 0.15) is 29.8 Å². The Labute approximate surface area is 116 Å². The average molecular weight is 284 g/mol. The quantitative estimate of drug-likeness (QED) is 0.832. The fourth-order valence-electron chi connectivity index (χ4n) is 1.86. The van der Waals surface area contributed by atoms with Crippen LogP contribution in [0.3, 0.4) is 0 Å². The maximum absolute atomic E-state index is 12.9. The molecule has 18 heavy (non-hydrogen) atoms. The highest BCUT2D eigenvalue weighted by molar-refractivity contribution is 7.16. The second-order valence-electron chi connectivity index (χ2n) is 4.10. The minimum Gasteiger partial charge on any atom is -0.305 e. The molecule has 1 aromatic carbocycles. The normalized spacial score (nSPS) is 12.6. The molecule has 4 heteroatoms. The van der Waals surface area contributed by atoms with Gasteiger partial charge in [0.05, 0.1) is 4.34 Å². The van der Waals surface area contributed by atoms with Crippen LogP contribution in [0.5, 0.6) is 0 Å². The van der Waals surface area contributed by atoms with Gasteiger partial charge in [0.2, 0.25) is 0 Å². The Morgan fingerprint density at radius 2 is 1.94 bits per heavy atom. The molecule has 1 nitrogen and oxygen atoms in total.